The predicted octanol–water partition coefficient (Wildman–Crippen LogP) is 3.48. The number of rotatable bonds is 3. The van der Waals surface area contributed by atoms with E-state index >= 15 is 0 Å². The minimum atomic E-state index is -0.701. The average Bonchev–Trinajstić information content (AvgIpc) is 2.24. The van der Waals surface area contributed by atoms with E-state index in [1.807, 2.05) is 6.08 Å². The summed E-state index contributed by atoms with van der Waals surface area (Å²) in [5.41, 5.74) is 1.36. The van der Waals surface area contributed by atoms with Gasteiger partial charge in [-0.3, -0.25) is 4.79 Å². The summed E-state index contributed by atoms with van der Waals surface area (Å²) in [6.45, 7) is 2.16. The van der Waals surface area contributed by atoms with E-state index in [0.717, 1.165) is 23.7 Å². The molecule has 4 aliphatic rings. The highest BCUT2D eigenvalue weighted by Gasteiger charge is 2.48. The summed E-state index contributed by atoms with van der Waals surface area (Å²) in [7, 11) is 0. The van der Waals surface area contributed by atoms with Crippen molar-refractivity contribution in [3.8, 4) is 0 Å². The average molecular weight is 234 g/mol. The minimum absolute atomic E-state index is 0.203. The van der Waals surface area contributed by atoms with Crippen LogP contribution in [0.25, 0.3) is 0 Å². The van der Waals surface area contributed by atoms with Gasteiger partial charge in [-0.1, -0.05) is 11.6 Å². The van der Waals surface area contributed by atoms with Crippen molar-refractivity contribution in [1.82, 2.24) is 0 Å². The van der Waals surface area contributed by atoms with Gasteiger partial charge in [0.2, 0.25) is 0 Å². The van der Waals surface area contributed by atoms with Crippen molar-refractivity contribution in [1.29, 1.82) is 0 Å². The Labute approximate surface area is 103 Å². The van der Waals surface area contributed by atoms with Crippen molar-refractivity contribution in [3.05, 3.63) is 11.6 Å². The van der Waals surface area contributed by atoms with E-state index in [-0.39, 0.29) is 6.42 Å². The van der Waals surface area contributed by atoms with E-state index in [1.54, 1.807) is 0 Å². The number of hydrogen-bond acceptors (Lipinski definition) is 1. The molecule has 0 atom stereocenters. The van der Waals surface area contributed by atoms with E-state index in [1.165, 1.54) is 37.7 Å². The zero-order valence-corrected chi connectivity index (χ0v) is 10.6. The molecule has 94 valence electrons. The number of carboxylic acids is 1. The maximum absolute atomic E-state index is 10.6. The quantitative estimate of drug-likeness (QED) is 0.759. The fraction of sp³-hybridized carbons (Fsp3) is 0.800. The Kier molecular flexibility index (Phi) is 2.76. The smallest absolute Gasteiger partial charge is 0.307 e. The van der Waals surface area contributed by atoms with Crippen molar-refractivity contribution in [2.45, 2.75) is 45.4 Å². The Morgan fingerprint density at radius 2 is 1.65 bits per heavy atom. The summed E-state index contributed by atoms with van der Waals surface area (Å²) in [6, 6.07) is 0. The molecule has 0 spiro atoms. The van der Waals surface area contributed by atoms with Crippen molar-refractivity contribution < 1.29 is 9.90 Å². The van der Waals surface area contributed by atoms with E-state index in [0.29, 0.717) is 5.92 Å². The molecule has 0 unspecified atom stereocenters. The van der Waals surface area contributed by atoms with Gasteiger partial charge >= 0.3 is 5.97 Å². The van der Waals surface area contributed by atoms with Gasteiger partial charge in [0.15, 0.2) is 0 Å². The molecule has 0 heterocycles. The van der Waals surface area contributed by atoms with Gasteiger partial charge in [0.05, 0.1) is 6.42 Å². The largest absolute Gasteiger partial charge is 0.481 e. The second-order valence-electron chi connectivity index (χ2n) is 6.50. The van der Waals surface area contributed by atoms with Gasteiger partial charge < -0.3 is 5.11 Å². The highest BCUT2D eigenvalue weighted by molar-refractivity contribution is 5.68. The summed E-state index contributed by atoms with van der Waals surface area (Å²) in [6.07, 6.45) is 9.30. The van der Waals surface area contributed by atoms with Crippen LogP contribution in [-0.2, 0) is 4.79 Å². The number of carbonyl (C=O) groups is 1. The molecule has 4 bridgehead atoms. The van der Waals surface area contributed by atoms with Gasteiger partial charge in [0.25, 0.3) is 0 Å². The molecule has 4 fully saturated rings. The van der Waals surface area contributed by atoms with Gasteiger partial charge in [0, 0.05) is 0 Å². The third-order valence-corrected chi connectivity index (χ3v) is 5.35. The maximum Gasteiger partial charge on any atom is 0.307 e. The molecule has 0 aromatic rings. The second kappa shape index (κ2) is 4.15. The van der Waals surface area contributed by atoms with E-state index in [9.17, 15) is 4.79 Å². The molecule has 17 heavy (non-hydrogen) atoms. The van der Waals surface area contributed by atoms with Gasteiger partial charge in [-0.15, -0.1) is 0 Å². The van der Waals surface area contributed by atoms with Gasteiger partial charge in [-0.25, -0.2) is 0 Å². The van der Waals surface area contributed by atoms with Crippen molar-refractivity contribution in [2.75, 3.05) is 0 Å². The maximum atomic E-state index is 10.6. The molecule has 0 radical (unpaired) electrons. The molecule has 0 aliphatic heterocycles. The van der Waals surface area contributed by atoms with Crippen molar-refractivity contribution >= 4 is 5.97 Å². The van der Waals surface area contributed by atoms with Crippen molar-refractivity contribution in [2.24, 2.45) is 29.6 Å². The van der Waals surface area contributed by atoms with Gasteiger partial charge in [0.1, 0.15) is 0 Å². The fourth-order valence-electron chi connectivity index (χ4n) is 5.05. The van der Waals surface area contributed by atoms with Crippen LogP contribution in [0.4, 0.5) is 0 Å². The first-order chi connectivity index (χ1) is 8.13. The van der Waals surface area contributed by atoms with Crippen LogP contribution >= 0.6 is 0 Å². The van der Waals surface area contributed by atoms with Crippen LogP contribution in [0.15, 0.2) is 11.6 Å². The molecular weight excluding hydrogens is 212 g/mol. The molecule has 4 aliphatic carbocycles. The highest BCUT2D eigenvalue weighted by Crippen LogP contribution is 2.58. The Balaban J connectivity index is 1.75. The monoisotopic (exact) mass is 234 g/mol. The van der Waals surface area contributed by atoms with Crippen LogP contribution in [0.2, 0.25) is 0 Å². The van der Waals surface area contributed by atoms with Crippen LogP contribution in [0.3, 0.4) is 0 Å². The Hall–Kier alpha value is -0.790. The fourth-order valence-corrected chi connectivity index (χ4v) is 5.05. The lowest BCUT2D eigenvalue weighted by Gasteiger charge is -2.55. The third kappa shape index (κ3) is 2.02. The number of allylic oxidation sites excluding steroid dienone is 1. The first kappa shape index (κ1) is 11.3. The summed E-state index contributed by atoms with van der Waals surface area (Å²) >= 11 is 0. The molecule has 2 heteroatoms. The molecular formula is C15H22O2. The summed E-state index contributed by atoms with van der Waals surface area (Å²) < 4.78 is 0. The highest BCUT2D eigenvalue weighted by atomic mass is 16.4. The molecule has 0 saturated heterocycles. The predicted molar refractivity (Wildman–Crippen MR) is 66.5 cm³/mol. The molecule has 0 aromatic carbocycles. The Morgan fingerprint density at radius 3 is 2.12 bits per heavy atom. The standard InChI is InChI=1S/C15H22O2/c1-9(2-3-14(16)17)15-12-5-10-4-11(7-12)8-13(15)6-10/h2,10-13,15H,3-8H2,1H3,(H,16,17)/b9-2+. The first-order valence-corrected chi connectivity index (χ1v) is 7.02. The minimum Gasteiger partial charge on any atom is -0.481 e. The topological polar surface area (TPSA) is 37.3 Å². The lowest BCUT2D eigenvalue weighted by Crippen LogP contribution is -2.45. The van der Waals surface area contributed by atoms with Gasteiger partial charge in [-0.05, 0) is 68.6 Å². The summed E-state index contributed by atoms with van der Waals surface area (Å²) in [5, 5.41) is 8.77. The van der Waals surface area contributed by atoms with Crippen LogP contribution in [-0.4, -0.2) is 11.1 Å². The lowest BCUT2D eigenvalue weighted by molar-refractivity contribution is -0.136. The zero-order chi connectivity index (χ0) is 12.0. The molecule has 2 nitrogen and oxygen atoms in total. The first-order valence-electron chi connectivity index (χ1n) is 7.02. The van der Waals surface area contributed by atoms with E-state index in [2.05, 4.69) is 6.92 Å². The molecule has 4 saturated carbocycles. The normalized spacial score (nSPS) is 44.1. The van der Waals surface area contributed by atoms with Crippen LogP contribution in [0, 0.1) is 29.6 Å². The summed E-state index contributed by atoms with van der Waals surface area (Å²) in [4.78, 5) is 10.6. The van der Waals surface area contributed by atoms with Crippen LogP contribution in [0.1, 0.15) is 45.4 Å². The van der Waals surface area contributed by atoms with Crippen LogP contribution in [0.5, 0.6) is 0 Å². The lowest BCUT2D eigenvalue weighted by atomic mass is 9.50. The number of hydrogen-bond donors (Lipinski definition) is 1. The zero-order valence-electron chi connectivity index (χ0n) is 10.6. The number of carboxylic acid groups (broad SMARTS) is 1. The number of aliphatic carboxylic acids is 1. The SMILES string of the molecule is C/C(=C\CC(=O)O)C1C2CC3CC(C2)CC1C3. The molecule has 0 aromatic heterocycles. The third-order valence-electron chi connectivity index (χ3n) is 5.35. The van der Waals surface area contributed by atoms with Crippen LogP contribution < -0.4 is 0 Å². The Morgan fingerprint density at radius 1 is 1.12 bits per heavy atom. The van der Waals surface area contributed by atoms with Crippen molar-refractivity contribution in [3.63, 3.8) is 0 Å². The second-order valence-corrected chi connectivity index (χ2v) is 6.50. The molecule has 0 amide bonds. The summed E-state index contributed by atoms with van der Waals surface area (Å²) in [5.74, 6) is 3.75. The van der Waals surface area contributed by atoms with Gasteiger partial charge in [-0.2, -0.15) is 0 Å². The Bertz CT molecular complexity index is 328. The molecule has 1 N–H and O–H groups in total. The molecule has 4 rings (SSSR count). The van der Waals surface area contributed by atoms with E-state index in [4.69, 9.17) is 5.11 Å². The van der Waals surface area contributed by atoms with E-state index < -0.39 is 5.97 Å².